The lowest BCUT2D eigenvalue weighted by Gasteiger charge is -2.35. The number of hydrogen-bond acceptors (Lipinski definition) is 7. The fraction of sp³-hybridized carbons (Fsp3) is 0.577. The lowest BCUT2D eigenvalue weighted by molar-refractivity contribution is -0.0222. The fourth-order valence-corrected chi connectivity index (χ4v) is 6.13. The molecule has 2 saturated heterocycles. The van der Waals surface area contributed by atoms with Crippen LogP contribution in [-0.2, 0) is 9.73 Å². The predicted octanol–water partition coefficient (Wildman–Crippen LogP) is 5.08. The number of anilines is 3. The average Bonchev–Trinajstić information content (AvgIpc) is 3.62. The zero-order valence-electron chi connectivity index (χ0n) is 21.4. The molecule has 1 aromatic carbocycles. The molecule has 3 aliphatic rings. The van der Waals surface area contributed by atoms with Gasteiger partial charge in [0.05, 0.1) is 21.0 Å². The van der Waals surface area contributed by atoms with Gasteiger partial charge in [0.1, 0.15) is 5.82 Å². The molecule has 1 aliphatic carbocycles. The summed E-state index contributed by atoms with van der Waals surface area (Å²) >= 11 is 0. The molecule has 1 amide bonds. The largest absolute Gasteiger partial charge is 0.371 e. The van der Waals surface area contributed by atoms with Crippen molar-refractivity contribution in [3.8, 4) is 0 Å². The Kier molecular flexibility index (Phi) is 6.62. The molecule has 1 aromatic heterocycles. The number of amides is 1. The van der Waals surface area contributed by atoms with Gasteiger partial charge in [-0.1, -0.05) is 6.92 Å². The number of carbonyl (C=O) groups is 1. The second kappa shape index (κ2) is 9.49. The van der Waals surface area contributed by atoms with Crippen LogP contribution >= 0.6 is 0 Å². The molecule has 2 aromatic rings. The van der Waals surface area contributed by atoms with E-state index in [1.165, 1.54) is 12.8 Å². The molecule has 0 unspecified atom stereocenters. The van der Waals surface area contributed by atoms with Gasteiger partial charge in [0.25, 0.3) is 11.8 Å². The number of benzene rings is 1. The van der Waals surface area contributed by atoms with E-state index in [1.807, 2.05) is 0 Å². The molecule has 0 radical (unpaired) electrons. The van der Waals surface area contributed by atoms with Crippen molar-refractivity contribution in [1.82, 2.24) is 9.97 Å². The van der Waals surface area contributed by atoms with Crippen LogP contribution in [0.1, 0.15) is 61.5 Å². The van der Waals surface area contributed by atoms with E-state index in [0.717, 1.165) is 25.9 Å². The molecular formula is C26H34F2N6O2S. The molecule has 1 atom stereocenters. The van der Waals surface area contributed by atoms with Gasteiger partial charge in [-0.15, -0.1) is 0 Å². The highest BCUT2D eigenvalue weighted by molar-refractivity contribution is 7.92. The van der Waals surface area contributed by atoms with E-state index in [4.69, 9.17) is 4.78 Å². The number of halogens is 2. The molecule has 3 fully saturated rings. The number of rotatable bonds is 6. The highest BCUT2D eigenvalue weighted by atomic mass is 32.2. The second-order valence-corrected chi connectivity index (χ2v) is 13.0. The molecule has 3 heterocycles. The van der Waals surface area contributed by atoms with Gasteiger partial charge >= 0.3 is 0 Å². The second-order valence-electron chi connectivity index (χ2n) is 10.6. The quantitative estimate of drug-likeness (QED) is 0.538. The van der Waals surface area contributed by atoms with Crippen LogP contribution in [0.25, 0.3) is 0 Å². The van der Waals surface area contributed by atoms with Gasteiger partial charge in [0, 0.05) is 61.4 Å². The van der Waals surface area contributed by atoms with Crippen molar-refractivity contribution in [2.45, 2.75) is 63.2 Å². The van der Waals surface area contributed by atoms with Crippen LogP contribution in [0.2, 0.25) is 0 Å². The summed E-state index contributed by atoms with van der Waals surface area (Å²) < 4.78 is 48.3. The number of carbonyl (C=O) groups excluding carboxylic acids is 1. The van der Waals surface area contributed by atoms with E-state index >= 15 is 0 Å². The Morgan fingerprint density at radius 3 is 2.30 bits per heavy atom. The zero-order valence-corrected chi connectivity index (χ0v) is 22.2. The minimum atomic E-state index is -2.94. The molecule has 1 saturated carbocycles. The monoisotopic (exact) mass is 532 g/mol. The SMILES string of the molecule is CC[S@](=N)(=O)c1ccc(C(=O)Nc2cc(C)nc(N3CCC(F)(F)CC3)n2)c(N2CCC3(CC2)CC3)c1. The van der Waals surface area contributed by atoms with Gasteiger partial charge in [0.2, 0.25) is 5.95 Å². The van der Waals surface area contributed by atoms with Crippen molar-refractivity contribution in [2.75, 3.05) is 47.0 Å². The van der Waals surface area contributed by atoms with Crippen LogP contribution in [0, 0.1) is 17.1 Å². The third-order valence-electron chi connectivity index (χ3n) is 7.98. The van der Waals surface area contributed by atoms with Gasteiger partial charge in [-0.05, 0) is 56.2 Å². The molecule has 37 heavy (non-hydrogen) atoms. The van der Waals surface area contributed by atoms with Crippen LogP contribution in [-0.4, -0.2) is 57.9 Å². The first kappa shape index (κ1) is 25.8. The van der Waals surface area contributed by atoms with E-state index in [9.17, 15) is 17.8 Å². The normalized spacial score (nSPS) is 21.9. The Labute approximate surface area is 216 Å². The minimum absolute atomic E-state index is 0.149. The van der Waals surface area contributed by atoms with Gasteiger partial charge in [0.15, 0.2) is 0 Å². The highest BCUT2D eigenvalue weighted by Crippen LogP contribution is 2.54. The first-order chi connectivity index (χ1) is 17.5. The topological polar surface area (TPSA) is 102 Å². The van der Waals surface area contributed by atoms with E-state index in [2.05, 4.69) is 20.2 Å². The van der Waals surface area contributed by atoms with Crippen molar-refractivity contribution in [2.24, 2.45) is 5.41 Å². The number of alkyl halides is 2. The Morgan fingerprint density at radius 1 is 1.03 bits per heavy atom. The summed E-state index contributed by atoms with van der Waals surface area (Å²) in [5, 5.41) is 2.87. The molecule has 0 bridgehead atoms. The van der Waals surface area contributed by atoms with E-state index in [1.54, 1.807) is 43.0 Å². The van der Waals surface area contributed by atoms with Crippen LogP contribution in [0.4, 0.5) is 26.2 Å². The Balaban J connectivity index is 1.41. The van der Waals surface area contributed by atoms with Crippen LogP contribution in [0.5, 0.6) is 0 Å². The summed E-state index contributed by atoms with van der Waals surface area (Å²) in [6.45, 7) is 5.42. The number of aromatic nitrogens is 2. The number of nitrogens with one attached hydrogen (secondary N) is 2. The summed E-state index contributed by atoms with van der Waals surface area (Å²) in [5.74, 6) is -2.21. The molecule has 2 N–H and O–H groups in total. The van der Waals surface area contributed by atoms with Crippen LogP contribution in [0.3, 0.4) is 0 Å². The fourth-order valence-electron chi connectivity index (χ4n) is 5.21. The van der Waals surface area contributed by atoms with Gasteiger partial charge in [-0.3, -0.25) is 4.79 Å². The molecule has 1 spiro atoms. The molecule has 8 nitrogen and oxygen atoms in total. The predicted molar refractivity (Wildman–Crippen MR) is 140 cm³/mol. The van der Waals surface area contributed by atoms with Gasteiger partial charge < -0.3 is 15.1 Å². The summed E-state index contributed by atoms with van der Waals surface area (Å²) in [6.07, 6.45) is 4.13. The number of aryl methyl sites for hydroxylation is 1. The number of piperidine rings is 2. The van der Waals surface area contributed by atoms with E-state index < -0.39 is 15.7 Å². The maximum atomic E-state index is 13.6. The molecule has 5 rings (SSSR count). The lowest BCUT2D eigenvalue weighted by Crippen LogP contribution is -2.40. The number of hydrogen-bond donors (Lipinski definition) is 2. The third-order valence-corrected chi connectivity index (χ3v) is 9.81. The Hall–Kier alpha value is -2.82. The summed E-state index contributed by atoms with van der Waals surface area (Å²) in [4.78, 5) is 26.7. The Morgan fingerprint density at radius 2 is 1.68 bits per heavy atom. The van der Waals surface area contributed by atoms with Gasteiger partial charge in [-0.25, -0.2) is 22.8 Å². The minimum Gasteiger partial charge on any atom is -0.371 e. The molecular weight excluding hydrogens is 498 g/mol. The van der Waals surface area contributed by atoms with Crippen LogP contribution < -0.4 is 15.1 Å². The maximum Gasteiger partial charge on any atom is 0.258 e. The summed E-state index contributed by atoms with van der Waals surface area (Å²) in [5.41, 5.74) is 2.19. The molecule has 2 aliphatic heterocycles. The first-order valence-electron chi connectivity index (χ1n) is 12.9. The van der Waals surface area contributed by atoms with Crippen molar-refractivity contribution >= 4 is 33.1 Å². The number of nitrogens with zero attached hydrogens (tertiary/aromatic N) is 4. The standard InChI is InChI=1S/C26H34F2N6O2S/c1-3-37(29,36)19-4-5-20(21(17-19)33-12-8-25(6-7-25)9-13-33)23(35)31-22-16-18(2)30-24(32-22)34-14-10-26(27,28)11-15-34/h4-5,16-17,29H,3,6-15H2,1-2H3,(H,30,31,32,35)/t37-/m0/s1. The average molecular weight is 533 g/mol. The summed E-state index contributed by atoms with van der Waals surface area (Å²) in [7, 11) is -2.94. The maximum absolute atomic E-state index is 13.6. The lowest BCUT2D eigenvalue weighted by atomic mass is 9.93. The van der Waals surface area contributed by atoms with Crippen molar-refractivity contribution in [3.05, 3.63) is 35.5 Å². The summed E-state index contributed by atoms with van der Waals surface area (Å²) in [6, 6.07) is 6.64. The highest BCUT2D eigenvalue weighted by Gasteiger charge is 2.44. The third kappa shape index (κ3) is 5.56. The van der Waals surface area contributed by atoms with Crippen LogP contribution in [0.15, 0.2) is 29.2 Å². The van der Waals surface area contributed by atoms with Crippen molar-refractivity contribution < 1.29 is 17.8 Å². The Bertz CT molecular complexity index is 1290. The molecule has 11 heteroatoms. The zero-order chi connectivity index (χ0) is 26.4. The first-order valence-corrected chi connectivity index (χ1v) is 14.7. The van der Waals surface area contributed by atoms with E-state index in [0.29, 0.717) is 39.0 Å². The smallest absolute Gasteiger partial charge is 0.258 e. The van der Waals surface area contributed by atoms with Crippen molar-refractivity contribution in [1.29, 1.82) is 4.78 Å². The molecule has 200 valence electrons. The van der Waals surface area contributed by atoms with E-state index in [-0.39, 0.29) is 37.6 Å². The van der Waals surface area contributed by atoms with Crippen molar-refractivity contribution in [3.63, 3.8) is 0 Å². The van der Waals surface area contributed by atoms with Gasteiger partial charge in [-0.2, -0.15) is 4.98 Å².